The normalized spacial score (nSPS) is 7.71. The van der Waals surface area contributed by atoms with Crippen LogP contribution in [0.4, 0.5) is 0 Å². The van der Waals surface area contributed by atoms with Crippen LogP contribution in [0.15, 0.2) is 0 Å². The van der Waals surface area contributed by atoms with E-state index in [1.807, 2.05) is 26.9 Å². The molecule has 0 fully saturated rings. The Morgan fingerprint density at radius 2 is 1.43 bits per heavy atom. The second-order valence-electron chi connectivity index (χ2n) is 1.18. The molecule has 0 aliphatic carbocycles. The summed E-state index contributed by atoms with van der Waals surface area (Å²) in [6, 6.07) is 0. The number of hydrogen-bond acceptors (Lipinski definition) is 2. The topological polar surface area (TPSA) is 35.2 Å². The van der Waals surface area contributed by atoms with Crippen LogP contribution in [0.1, 0.15) is 13.8 Å². The second kappa shape index (κ2) is 9.46. The van der Waals surface area contributed by atoms with Crippen molar-refractivity contribution < 1.29 is 4.53 Å². The molecular weight excluding hydrogens is 106 g/mol. The van der Waals surface area contributed by atoms with Crippen LogP contribution in [-0.2, 0) is 4.53 Å². The molecule has 0 aromatic heterocycles. The summed E-state index contributed by atoms with van der Waals surface area (Å²) in [4.78, 5) is 0. The largest absolute Gasteiger partial charge is 0.352 e. The van der Waals surface area contributed by atoms with Crippen molar-refractivity contribution in [3.05, 3.63) is 0 Å². The fourth-order valence-electron chi connectivity index (χ4n) is 0. The maximum Gasteiger partial charge on any atom is 0.199 e. The maximum atomic E-state index is 4.73. The molecule has 46 valence electrons. The molecule has 0 radical (unpaired) electrons. The first kappa shape index (κ1) is 10.2. The van der Waals surface area contributed by atoms with Gasteiger partial charge in [-0.1, -0.05) is 13.8 Å². The summed E-state index contributed by atoms with van der Waals surface area (Å²) in [6.45, 7) is 8.03. The van der Waals surface area contributed by atoms with Crippen molar-refractivity contribution >= 4 is 9.04 Å². The van der Waals surface area contributed by atoms with Crippen LogP contribution in [0, 0.1) is 0 Å². The monoisotopic (exact) mass is 121 g/mol. The first-order valence-corrected chi connectivity index (χ1v) is 5.41. The minimum absolute atomic E-state index is 0.872. The lowest BCUT2D eigenvalue weighted by molar-refractivity contribution is 0.345. The van der Waals surface area contributed by atoms with Crippen molar-refractivity contribution in [2.75, 3.05) is 0 Å². The molecule has 0 rings (SSSR count). The summed E-state index contributed by atoms with van der Waals surface area (Å²) in [5, 5.41) is 0. The smallest absolute Gasteiger partial charge is 0.199 e. The summed E-state index contributed by atoms with van der Waals surface area (Å²) >= 11 is 0. The Labute approximate surface area is 47.3 Å². The van der Waals surface area contributed by atoms with Gasteiger partial charge in [0, 0.05) is 0 Å². The van der Waals surface area contributed by atoms with E-state index >= 15 is 0 Å². The second-order valence-corrected chi connectivity index (χ2v) is 3.55. The third-order valence-electron chi connectivity index (χ3n) is 0.272. The van der Waals surface area contributed by atoms with Gasteiger partial charge in [-0.15, -0.1) is 0 Å². The lowest BCUT2D eigenvalue weighted by Gasteiger charge is -1.91. The highest BCUT2D eigenvalue weighted by Gasteiger charge is 1.84. The first-order chi connectivity index (χ1) is 3.27. The predicted octanol–water partition coefficient (Wildman–Crippen LogP) is 0.886. The van der Waals surface area contributed by atoms with Crippen LogP contribution < -0.4 is 5.90 Å². The van der Waals surface area contributed by atoms with Gasteiger partial charge in [-0.25, -0.2) is 5.90 Å². The molecule has 0 aliphatic heterocycles. The van der Waals surface area contributed by atoms with Gasteiger partial charge in [-0.2, -0.15) is 0 Å². The van der Waals surface area contributed by atoms with Gasteiger partial charge in [-0.05, 0) is 13.1 Å². The summed E-state index contributed by atoms with van der Waals surface area (Å²) < 4.78 is 4.39. The molecule has 0 amide bonds. The van der Waals surface area contributed by atoms with Gasteiger partial charge in [0.05, 0.1) is 0 Å². The molecule has 0 heterocycles. The van der Waals surface area contributed by atoms with Gasteiger partial charge < -0.3 is 4.53 Å². The van der Waals surface area contributed by atoms with Crippen molar-refractivity contribution in [1.29, 1.82) is 0 Å². The Hall–Kier alpha value is 0.137. The third kappa shape index (κ3) is 23.0. The highest BCUT2D eigenvalue weighted by Crippen LogP contribution is 1.69. The average Bonchev–Trinajstić information content (AvgIpc) is 1.73. The van der Waals surface area contributed by atoms with Gasteiger partial charge in [0.25, 0.3) is 0 Å². The van der Waals surface area contributed by atoms with Gasteiger partial charge in [-0.3, -0.25) is 0 Å². The zero-order valence-electron chi connectivity index (χ0n) is 5.56. The third-order valence-corrected chi connectivity index (χ3v) is 0.816. The van der Waals surface area contributed by atoms with E-state index in [-0.39, 0.29) is 0 Å². The average molecular weight is 121 g/mol. The molecule has 0 saturated carbocycles. The minimum Gasteiger partial charge on any atom is -0.352 e. The van der Waals surface area contributed by atoms with Crippen LogP contribution in [0.3, 0.4) is 0 Å². The summed E-state index contributed by atoms with van der Waals surface area (Å²) in [5.41, 5.74) is 0. The van der Waals surface area contributed by atoms with Crippen LogP contribution in [0.25, 0.3) is 0 Å². The Morgan fingerprint density at radius 3 is 1.43 bits per heavy atom. The molecule has 7 heavy (non-hydrogen) atoms. The van der Waals surface area contributed by atoms with Crippen molar-refractivity contribution in [1.82, 2.24) is 0 Å². The van der Waals surface area contributed by atoms with Gasteiger partial charge in [0.2, 0.25) is 0 Å². The molecule has 2 N–H and O–H groups in total. The molecule has 0 spiro atoms. The van der Waals surface area contributed by atoms with E-state index in [9.17, 15) is 0 Å². The molecule has 0 bridgehead atoms. The van der Waals surface area contributed by atoms with Gasteiger partial charge >= 0.3 is 0 Å². The molecule has 2 nitrogen and oxygen atoms in total. The Bertz CT molecular complexity index is 25.7. The predicted molar refractivity (Wildman–Crippen MR) is 35.5 cm³/mol. The fourth-order valence-corrected chi connectivity index (χ4v) is 0. The standard InChI is InChI=1S/C2H9NOSi.C2H6/c1-5(2)4-3;1-2/h5H,3H2,1-2H3;1-2H3. The van der Waals surface area contributed by atoms with Crippen molar-refractivity contribution in [2.24, 2.45) is 5.90 Å². The van der Waals surface area contributed by atoms with Gasteiger partial charge in [0.15, 0.2) is 9.04 Å². The molecule has 0 aliphatic rings. The summed E-state index contributed by atoms with van der Waals surface area (Å²) in [5.74, 6) is 4.73. The van der Waals surface area contributed by atoms with E-state index in [2.05, 4.69) is 4.53 Å². The van der Waals surface area contributed by atoms with E-state index in [0.717, 1.165) is 0 Å². The number of rotatable bonds is 1. The highest BCUT2D eigenvalue weighted by molar-refractivity contribution is 6.48. The maximum absolute atomic E-state index is 4.73. The molecule has 0 aromatic carbocycles. The van der Waals surface area contributed by atoms with Crippen molar-refractivity contribution in [3.63, 3.8) is 0 Å². The Morgan fingerprint density at radius 1 is 1.29 bits per heavy atom. The summed E-state index contributed by atoms with van der Waals surface area (Å²) in [7, 11) is -0.872. The van der Waals surface area contributed by atoms with Crippen LogP contribution >= 0.6 is 0 Å². The quantitative estimate of drug-likeness (QED) is 0.413. The Balaban J connectivity index is 0. The van der Waals surface area contributed by atoms with Crippen LogP contribution in [-0.4, -0.2) is 9.04 Å². The first-order valence-electron chi connectivity index (χ1n) is 2.63. The van der Waals surface area contributed by atoms with Gasteiger partial charge in [0.1, 0.15) is 0 Å². The lowest BCUT2D eigenvalue weighted by Crippen LogP contribution is -2.12. The van der Waals surface area contributed by atoms with E-state index in [1.165, 1.54) is 0 Å². The fraction of sp³-hybridized carbons (Fsp3) is 1.00. The van der Waals surface area contributed by atoms with Crippen LogP contribution in [0.2, 0.25) is 13.1 Å². The molecule has 3 heteroatoms. The molecule has 0 aromatic rings. The van der Waals surface area contributed by atoms with E-state index in [1.54, 1.807) is 0 Å². The molecule has 0 unspecified atom stereocenters. The SMILES string of the molecule is CC.C[SiH](C)ON. The minimum atomic E-state index is -0.872. The zero-order valence-corrected chi connectivity index (χ0v) is 6.72. The number of nitrogens with two attached hydrogens (primary N) is 1. The summed E-state index contributed by atoms with van der Waals surface area (Å²) in [6.07, 6.45) is 0. The van der Waals surface area contributed by atoms with Crippen molar-refractivity contribution in [2.45, 2.75) is 26.9 Å². The van der Waals surface area contributed by atoms with E-state index in [4.69, 9.17) is 5.90 Å². The number of hydrogen-bond donors (Lipinski definition) is 1. The molecule has 0 saturated heterocycles. The highest BCUT2D eigenvalue weighted by atomic mass is 28.3. The van der Waals surface area contributed by atoms with E-state index in [0.29, 0.717) is 0 Å². The lowest BCUT2D eigenvalue weighted by atomic mass is 11.0. The Kier molecular flexibility index (Phi) is 13.8. The molecular formula is C4H15NOSi. The zero-order chi connectivity index (χ0) is 6.28. The van der Waals surface area contributed by atoms with E-state index < -0.39 is 9.04 Å². The van der Waals surface area contributed by atoms with Crippen molar-refractivity contribution in [3.8, 4) is 0 Å². The van der Waals surface area contributed by atoms with Crippen LogP contribution in [0.5, 0.6) is 0 Å². The molecule has 0 atom stereocenters.